The van der Waals surface area contributed by atoms with E-state index >= 15 is 0 Å². The van der Waals surface area contributed by atoms with Gasteiger partial charge in [0.25, 0.3) is 0 Å². The van der Waals surface area contributed by atoms with Crippen molar-refractivity contribution in [2.24, 2.45) is 5.92 Å². The summed E-state index contributed by atoms with van der Waals surface area (Å²) in [5.74, 6) is 40.2. The minimum absolute atomic E-state index is 0. The predicted octanol–water partition coefficient (Wildman–Crippen LogP) is 4.37. The Bertz CT molecular complexity index is 1640. The molecule has 1 aromatic carbocycles. The number of carbonyl (C=O) groups is 1. The molecule has 0 fully saturated rings. The summed E-state index contributed by atoms with van der Waals surface area (Å²) in [5.41, 5.74) is 2.31. The first kappa shape index (κ1) is 35.9. The van der Waals surface area contributed by atoms with E-state index in [0.717, 1.165) is 11.1 Å². The molecule has 2 atom stereocenters. The molecular weight excluding hydrogens is 530 g/mol. The van der Waals surface area contributed by atoms with Crippen LogP contribution in [0.5, 0.6) is 0 Å². The zero-order chi connectivity index (χ0) is 29.5. The van der Waals surface area contributed by atoms with Gasteiger partial charge in [-0.05, 0) is 71.7 Å². The monoisotopic (exact) mass is 595 g/mol. The van der Waals surface area contributed by atoms with E-state index in [0.29, 0.717) is 23.9 Å². The van der Waals surface area contributed by atoms with E-state index in [9.17, 15) is 4.79 Å². The highest BCUT2D eigenvalue weighted by Gasteiger charge is 2.22. The van der Waals surface area contributed by atoms with Gasteiger partial charge in [0, 0.05) is 72.7 Å². The summed E-state index contributed by atoms with van der Waals surface area (Å²) in [6, 6.07) is 11.5. The molecule has 0 aliphatic carbocycles. The van der Waals surface area contributed by atoms with Gasteiger partial charge in [-0.15, -0.1) is 6.42 Å². The number of hydrogen-bond donors (Lipinski definition) is 1. The number of hydrogen-bond acceptors (Lipinski definition) is 3. The van der Waals surface area contributed by atoms with Crippen LogP contribution in [0.4, 0.5) is 0 Å². The molecule has 0 radical (unpaired) electrons. The SMILES string of the molecule is C#CC#CC#CC#CC#CC#CC#CC#CC#C[N+](C)(C)Cc1ccc(C(C)CC(CC)C(=O)OCCO)cc1.[Cl-].[HH].[HH].[HH].[HH].[HH].[HH].[HH].[HH].[HH].[HH].[HH].[HH].[HH].[HH].[HH].[HH].[HH].[HH]. The van der Waals surface area contributed by atoms with Crippen LogP contribution in [-0.2, 0) is 16.1 Å². The highest BCUT2D eigenvalue weighted by atomic mass is 35.5. The molecule has 1 aromatic rings. The largest absolute Gasteiger partial charge is 1.00 e. The lowest BCUT2D eigenvalue weighted by molar-refractivity contribution is -0.836. The van der Waals surface area contributed by atoms with Crippen molar-refractivity contribution in [2.75, 3.05) is 27.3 Å². The number of benzene rings is 1. The van der Waals surface area contributed by atoms with Crippen LogP contribution in [0, 0.1) is 113 Å². The van der Waals surface area contributed by atoms with Gasteiger partial charge < -0.3 is 22.3 Å². The van der Waals surface area contributed by atoms with Crippen LogP contribution in [0.15, 0.2) is 24.3 Å². The van der Waals surface area contributed by atoms with Crippen LogP contribution in [0.1, 0.15) is 69.4 Å². The number of terminal acetylenes is 1. The van der Waals surface area contributed by atoms with Gasteiger partial charge in [0.05, 0.1) is 32.5 Å². The van der Waals surface area contributed by atoms with Crippen LogP contribution in [0.3, 0.4) is 0 Å². The van der Waals surface area contributed by atoms with E-state index in [1.807, 2.05) is 21.0 Å². The van der Waals surface area contributed by atoms with E-state index in [-0.39, 0.29) is 69.1 Å². The minimum Gasteiger partial charge on any atom is -1.00 e. The number of rotatable bonds is 9. The molecule has 0 bridgehead atoms. The van der Waals surface area contributed by atoms with Crippen LogP contribution in [-0.4, -0.2) is 42.9 Å². The van der Waals surface area contributed by atoms with Crippen LogP contribution in [0.2, 0.25) is 0 Å². The lowest BCUT2D eigenvalue weighted by atomic mass is 9.88. The van der Waals surface area contributed by atoms with Crippen molar-refractivity contribution >= 4 is 5.97 Å². The summed E-state index contributed by atoms with van der Waals surface area (Å²) in [4.78, 5) is 12.2. The van der Waals surface area contributed by atoms with E-state index in [2.05, 4.69) is 132 Å². The lowest BCUT2D eigenvalue weighted by Crippen LogP contribution is -3.00. The van der Waals surface area contributed by atoms with Gasteiger partial charge in [0.2, 0.25) is 0 Å². The van der Waals surface area contributed by atoms with Gasteiger partial charge in [0.1, 0.15) is 13.2 Å². The fourth-order valence-electron chi connectivity index (χ4n) is 3.33. The third kappa shape index (κ3) is 17.2. The third-order valence-electron chi connectivity index (χ3n) is 5.23. The van der Waals surface area contributed by atoms with E-state index < -0.39 is 0 Å². The van der Waals surface area contributed by atoms with E-state index in [4.69, 9.17) is 16.3 Å². The fourth-order valence-corrected chi connectivity index (χ4v) is 3.33. The number of aliphatic hydroxyl groups excluding tert-OH is 1. The maximum atomic E-state index is 12.2. The van der Waals surface area contributed by atoms with E-state index in [1.54, 1.807) is 0 Å². The molecule has 0 saturated heterocycles. The van der Waals surface area contributed by atoms with Crippen molar-refractivity contribution in [2.45, 2.75) is 39.2 Å². The quantitative estimate of drug-likeness (QED) is 0.262. The van der Waals surface area contributed by atoms with Crippen LogP contribution >= 0.6 is 0 Å². The summed E-state index contributed by atoms with van der Waals surface area (Å²) in [6.45, 7) is 4.67. The van der Waals surface area contributed by atoms with Crippen molar-refractivity contribution in [1.82, 2.24) is 0 Å². The summed E-state index contributed by atoms with van der Waals surface area (Å²) in [6.07, 6.45) is 6.36. The topological polar surface area (TPSA) is 46.5 Å². The molecule has 0 aliphatic rings. The molecule has 0 aromatic heterocycles. The van der Waals surface area contributed by atoms with Gasteiger partial charge in [0.15, 0.2) is 6.04 Å². The number of esters is 1. The molecule has 0 spiro atoms. The molecule has 0 aliphatic heterocycles. The number of aliphatic hydroxyl groups is 1. The highest BCUT2D eigenvalue weighted by molar-refractivity contribution is 5.72. The smallest absolute Gasteiger partial charge is 0.309 e. The zero-order valence-corrected chi connectivity index (χ0v) is 24.4. The summed E-state index contributed by atoms with van der Waals surface area (Å²) in [7, 11) is 4.01. The molecule has 1 N–H and O–H groups in total. The summed E-state index contributed by atoms with van der Waals surface area (Å²) >= 11 is 0. The predicted molar refractivity (Wildman–Crippen MR) is 196 cm³/mol. The van der Waals surface area contributed by atoms with Gasteiger partial charge in [-0.2, -0.15) is 0 Å². The maximum Gasteiger partial charge on any atom is 0.309 e. The van der Waals surface area contributed by atoms with Crippen molar-refractivity contribution in [3.63, 3.8) is 0 Å². The molecule has 2 unspecified atom stereocenters. The second-order valence-corrected chi connectivity index (χ2v) is 8.85. The molecule has 41 heavy (non-hydrogen) atoms. The first-order valence-electron chi connectivity index (χ1n) is 12.5. The molecule has 0 saturated carbocycles. The average Bonchev–Trinajstić information content (AvgIpc) is 2.94. The molecule has 0 heterocycles. The second kappa shape index (κ2) is 21.8. The van der Waals surface area contributed by atoms with Crippen molar-refractivity contribution < 1.29 is 57.2 Å². The standard InChI is InChI=1S/C36H30NO3.ClH.18H2/c1-6-8-9-10-11-12-13-14-15-16-17-18-19-20-21-22-27-37(4,5)31-33-23-25-35(26-24-33)32(3)30-34(7-2)36(39)40-29-28-38;;;;;;;;;;;;;;;;;;;/h1,23-26,32,34,38H,7,28-31H2,2-5H3;19*1H/q+1;;;;;;;;;;;;;;;;;;;/p-1. The van der Waals surface area contributed by atoms with E-state index in [1.165, 1.54) is 0 Å². The number of carbonyl (C=O) groups excluding carboxylic acids is 1. The zero-order valence-electron chi connectivity index (χ0n) is 23.7. The number of halogens is 1. The van der Waals surface area contributed by atoms with Crippen molar-refractivity contribution in [1.29, 1.82) is 0 Å². The summed E-state index contributed by atoms with van der Waals surface area (Å²) in [5, 5.41) is 8.87. The molecule has 1 rings (SSSR count). The number of ether oxygens (including phenoxy) is 1. The molecule has 240 valence electrons. The number of quaternary nitrogens is 1. The molecule has 5 heteroatoms. The average molecular weight is 596 g/mol. The Balaban J connectivity index is -0.0000000495. The Labute approximate surface area is 278 Å². The molecule has 0 amide bonds. The maximum absolute atomic E-state index is 12.2. The van der Waals surface area contributed by atoms with Gasteiger partial charge in [-0.1, -0.05) is 38.1 Å². The lowest BCUT2D eigenvalue weighted by Gasteiger charge is -2.22. The Morgan fingerprint density at radius 3 is 1.78 bits per heavy atom. The first-order valence-corrected chi connectivity index (χ1v) is 12.5. The van der Waals surface area contributed by atoms with Crippen molar-refractivity contribution in [3.05, 3.63) is 35.4 Å². The van der Waals surface area contributed by atoms with Crippen LogP contribution in [0.25, 0.3) is 0 Å². The summed E-state index contributed by atoms with van der Waals surface area (Å²) < 4.78 is 5.54. The first-order chi connectivity index (χ1) is 19.3. The number of nitrogens with zero attached hydrogens (tertiary/aromatic N) is 1. The molecule has 4 nitrogen and oxygen atoms in total. The fraction of sp³-hybridized carbons (Fsp3) is 0.306. The highest BCUT2D eigenvalue weighted by Crippen LogP contribution is 2.26. The van der Waals surface area contributed by atoms with Gasteiger partial charge >= 0.3 is 5.97 Å². The Hall–Kier alpha value is -5.06. The van der Waals surface area contributed by atoms with Gasteiger partial charge in [-0.3, -0.25) is 4.79 Å². The Kier molecular flexibility index (Phi) is 19.1. The third-order valence-corrected chi connectivity index (χ3v) is 5.23. The minimum atomic E-state index is -0.248. The van der Waals surface area contributed by atoms with Gasteiger partial charge in [-0.25, -0.2) is 4.48 Å². The Morgan fingerprint density at radius 1 is 0.878 bits per heavy atom. The second-order valence-electron chi connectivity index (χ2n) is 8.85. The Morgan fingerprint density at radius 2 is 1.34 bits per heavy atom. The normalized spacial score (nSPS) is 9.66. The molecular formula is C36H66ClNO3. The van der Waals surface area contributed by atoms with Crippen LogP contribution < -0.4 is 12.4 Å². The van der Waals surface area contributed by atoms with Crippen molar-refractivity contribution in [3.8, 4) is 107 Å².